The van der Waals surface area contributed by atoms with Crippen molar-refractivity contribution in [1.82, 2.24) is 5.32 Å². The molecule has 1 atom stereocenters. The van der Waals surface area contributed by atoms with Crippen molar-refractivity contribution in [3.8, 4) is 0 Å². The molecule has 0 aromatic heterocycles. The lowest BCUT2D eigenvalue weighted by Crippen LogP contribution is -2.24. The smallest absolute Gasteiger partial charge is 0.124 e. The zero-order valence-electron chi connectivity index (χ0n) is 11.9. The molecule has 2 aromatic rings. The van der Waals surface area contributed by atoms with E-state index < -0.39 is 0 Å². The molecule has 0 aliphatic carbocycles. The number of hydrogen-bond donors (Lipinski definition) is 1. The van der Waals surface area contributed by atoms with E-state index in [0.717, 1.165) is 33.9 Å². The second-order valence-electron chi connectivity index (χ2n) is 5.00. The molecule has 4 heteroatoms. The normalized spacial score (nSPS) is 12.4. The highest BCUT2D eigenvalue weighted by Crippen LogP contribution is 2.27. The molecule has 2 aromatic carbocycles. The monoisotopic (exact) mass is 413 g/mol. The Morgan fingerprint density at radius 2 is 1.81 bits per heavy atom. The van der Waals surface area contributed by atoms with E-state index in [2.05, 4.69) is 56.2 Å². The Bertz CT molecular complexity index is 584. The summed E-state index contributed by atoms with van der Waals surface area (Å²) in [5.41, 5.74) is 2.34. The quantitative estimate of drug-likeness (QED) is 0.645. The third kappa shape index (κ3) is 4.90. The Morgan fingerprint density at radius 3 is 2.43 bits per heavy atom. The Hall–Kier alpha value is -0.710. The fourth-order valence-electron chi connectivity index (χ4n) is 2.25. The molecular weight excluding hydrogens is 397 g/mol. The van der Waals surface area contributed by atoms with E-state index in [1.807, 2.05) is 18.2 Å². The minimum absolute atomic E-state index is 0.168. The third-order valence-electron chi connectivity index (χ3n) is 3.33. The van der Waals surface area contributed by atoms with Crippen molar-refractivity contribution < 1.29 is 4.39 Å². The molecule has 0 spiro atoms. The maximum Gasteiger partial charge on any atom is 0.124 e. The van der Waals surface area contributed by atoms with Crippen molar-refractivity contribution in [3.05, 3.63) is 68.4 Å². The molecule has 112 valence electrons. The van der Waals surface area contributed by atoms with E-state index in [4.69, 9.17) is 0 Å². The molecule has 21 heavy (non-hydrogen) atoms. The van der Waals surface area contributed by atoms with Gasteiger partial charge in [0.1, 0.15) is 5.82 Å². The van der Waals surface area contributed by atoms with Crippen LogP contribution in [0.15, 0.2) is 51.4 Å². The molecule has 1 unspecified atom stereocenters. The second kappa shape index (κ2) is 8.06. The van der Waals surface area contributed by atoms with Gasteiger partial charge in [0.05, 0.1) is 0 Å². The first-order valence-corrected chi connectivity index (χ1v) is 8.61. The minimum Gasteiger partial charge on any atom is -0.310 e. The van der Waals surface area contributed by atoms with Gasteiger partial charge in [-0.3, -0.25) is 0 Å². The van der Waals surface area contributed by atoms with Crippen molar-refractivity contribution in [1.29, 1.82) is 0 Å². The zero-order chi connectivity index (χ0) is 15.2. The van der Waals surface area contributed by atoms with Crippen LogP contribution in [0.2, 0.25) is 0 Å². The van der Waals surface area contributed by atoms with Gasteiger partial charge in [-0.1, -0.05) is 57.0 Å². The van der Waals surface area contributed by atoms with E-state index in [9.17, 15) is 4.39 Å². The first-order chi connectivity index (χ1) is 10.1. The van der Waals surface area contributed by atoms with Crippen LogP contribution < -0.4 is 5.32 Å². The minimum atomic E-state index is -0.219. The van der Waals surface area contributed by atoms with Gasteiger partial charge in [-0.25, -0.2) is 4.39 Å². The van der Waals surface area contributed by atoms with Gasteiger partial charge in [0.15, 0.2) is 0 Å². The standard InChI is InChI=1S/C17H18Br2FN/c1-2-9-21-17(10-12-3-5-13(18)6-4-12)15-8-7-14(20)11-16(15)19/h3-8,11,17,21H,2,9-10H2,1H3. The van der Waals surface area contributed by atoms with E-state index in [1.54, 1.807) is 0 Å². The van der Waals surface area contributed by atoms with Gasteiger partial charge in [0, 0.05) is 15.0 Å². The van der Waals surface area contributed by atoms with Gasteiger partial charge < -0.3 is 5.32 Å². The van der Waals surface area contributed by atoms with E-state index in [-0.39, 0.29) is 11.9 Å². The molecule has 0 saturated heterocycles. The lowest BCUT2D eigenvalue weighted by atomic mass is 9.98. The van der Waals surface area contributed by atoms with E-state index >= 15 is 0 Å². The van der Waals surface area contributed by atoms with Crippen LogP contribution in [0.25, 0.3) is 0 Å². The maximum absolute atomic E-state index is 13.3. The predicted molar refractivity (Wildman–Crippen MR) is 93.0 cm³/mol. The summed E-state index contributed by atoms with van der Waals surface area (Å²) < 4.78 is 15.2. The molecule has 0 heterocycles. The summed E-state index contributed by atoms with van der Waals surface area (Å²) >= 11 is 6.93. The van der Waals surface area contributed by atoms with Crippen LogP contribution in [0.1, 0.15) is 30.5 Å². The van der Waals surface area contributed by atoms with Crippen molar-refractivity contribution in [3.63, 3.8) is 0 Å². The largest absolute Gasteiger partial charge is 0.310 e. The maximum atomic E-state index is 13.3. The molecule has 1 nitrogen and oxygen atoms in total. The molecule has 2 rings (SSSR count). The molecule has 0 fully saturated rings. The highest BCUT2D eigenvalue weighted by molar-refractivity contribution is 9.10. The fourth-order valence-corrected chi connectivity index (χ4v) is 3.14. The second-order valence-corrected chi connectivity index (χ2v) is 6.77. The predicted octanol–water partition coefficient (Wildman–Crippen LogP) is 5.63. The first kappa shape index (κ1) is 16.7. The molecule has 0 aliphatic rings. The number of hydrogen-bond acceptors (Lipinski definition) is 1. The summed E-state index contributed by atoms with van der Waals surface area (Å²) in [4.78, 5) is 0. The zero-order valence-corrected chi connectivity index (χ0v) is 15.0. The van der Waals surface area contributed by atoms with Crippen LogP contribution in [-0.2, 0) is 6.42 Å². The third-order valence-corrected chi connectivity index (χ3v) is 4.55. The van der Waals surface area contributed by atoms with E-state index in [1.165, 1.54) is 17.7 Å². The lowest BCUT2D eigenvalue weighted by Gasteiger charge is -2.20. The molecular formula is C17H18Br2FN. The molecule has 0 amide bonds. The molecule has 1 N–H and O–H groups in total. The van der Waals surface area contributed by atoms with Crippen molar-refractivity contribution in [2.24, 2.45) is 0 Å². The Balaban J connectivity index is 2.22. The average Bonchev–Trinajstić information content (AvgIpc) is 2.46. The van der Waals surface area contributed by atoms with Crippen LogP contribution >= 0.6 is 31.9 Å². The van der Waals surface area contributed by atoms with Gasteiger partial charge in [0.2, 0.25) is 0 Å². The van der Waals surface area contributed by atoms with Crippen LogP contribution in [0.3, 0.4) is 0 Å². The summed E-state index contributed by atoms with van der Waals surface area (Å²) in [5.74, 6) is -0.219. The number of halogens is 3. The van der Waals surface area contributed by atoms with Crippen molar-refractivity contribution in [2.45, 2.75) is 25.8 Å². The van der Waals surface area contributed by atoms with Gasteiger partial charge in [-0.05, 0) is 54.8 Å². The lowest BCUT2D eigenvalue weighted by molar-refractivity contribution is 0.525. The van der Waals surface area contributed by atoms with Crippen LogP contribution in [0.4, 0.5) is 4.39 Å². The molecule has 0 radical (unpaired) electrons. The summed E-state index contributed by atoms with van der Waals surface area (Å²) in [6, 6.07) is 13.4. The van der Waals surface area contributed by atoms with Gasteiger partial charge in [0.25, 0.3) is 0 Å². The first-order valence-electron chi connectivity index (χ1n) is 7.03. The van der Waals surface area contributed by atoms with Crippen LogP contribution in [0, 0.1) is 5.82 Å². The molecule has 0 aliphatic heterocycles. The highest BCUT2D eigenvalue weighted by atomic mass is 79.9. The molecule has 0 bridgehead atoms. The SMILES string of the molecule is CCCNC(Cc1ccc(Br)cc1)c1ccc(F)cc1Br. The Morgan fingerprint density at radius 1 is 1.10 bits per heavy atom. The number of benzene rings is 2. The summed E-state index contributed by atoms with van der Waals surface area (Å²) in [6.07, 6.45) is 1.94. The van der Waals surface area contributed by atoms with Crippen molar-refractivity contribution in [2.75, 3.05) is 6.54 Å². The van der Waals surface area contributed by atoms with Crippen LogP contribution in [0.5, 0.6) is 0 Å². The Labute approximate surface area is 142 Å². The van der Waals surface area contributed by atoms with Gasteiger partial charge in [-0.2, -0.15) is 0 Å². The van der Waals surface area contributed by atoms with Gasteiger partial charge >= 0.3 is 0 Å². The van der Waals surface area contributed by atoms with Crippen molar-refractivity contribution >= 4 is 31.9 Å². The van der Waals surface area contributed by atoms with Gasteiger partial charge in [-0.15, -0.1) is 0 Å². The Kier molecular flexibility index (Phi) is 6.40. The van der Waals surface area contributed by atoms with E-state index in [0.29, 0.717) is 0 Å². The number of nitrogens with one attached hydrogen (secondary N) is 1. The summed E-state index contributed by atoms with van der Waals surface area (Å²) in [7, 11) is 0. The summed E-state index contributed by atoms with van der Waals surface area (Å²) in [5, 5.41) is 3.54. The fraction of sp³-hybridized carbons (Fsp3) is 0.294. The van der Waals surface area contributed by atoms with Crippen LogP contribution in [-0.4, -0.2) is 6.54 Å². The molecule has 0 saturated carbocycles. The average molecular weight is 415 g/mol. The topological polar surface area (TPSA) is 12.0 Å². The summed E-state index contributed by atoms with van der Waals surface area (Å²) in [6.45, 7) is 3.08. The number of rotatable bonds is 6. The highest BCUT2D eigenvalue weighted by Gasteiger charge is 2.15.